The van der Waals surface area contributed by atoms with Crippen LogP contribution in [0.3, 0.4) is 0 Å². The fourth-order valence-electron chi connectivity index (χ4n) is 1.94. The molecule has 1 amide bonds. The summed E-state index contributed by atoms with van der Waals surface area (Å²) in [6.07, 6.45) is 0. The Hall–Kier alpha value is -1.91. The zero-order valence-electron chi connectivity index (χ0n) is 12.1. The highest BCUT2D eigenvalue weighted by Gasteiger charge is 2.18. The second-order valence-electron chi connectivity index (χ2n) is 4.37. The standard InChI is InChI=1S/C14H23N3O2/c1-5-17(6-2)14(18)10(3)16-12-7-11(15)8-13(9-12)19-4/h7-10,16H,5-6,15H2,1-4H3. The van der Waals surface area contributed by atoms with Crippen LogP contribution in [0.2, 0.25) is 0 Å². The Bertz CT molecular complexity index is 431. The van der Waals surface area contributed by atoms with Crippen molar-refractivity contribution in [2.75, 3.05) is 31.2 Å². The summed E-state index contributed by atoms with van der Waals surface area (Å²) in [6.45, 7) is 7.20. The van der Waals surface area contributed by atoms with Crippen LogP contribution in [-0.2, 0) is 4.79 Å². The molecule has 0 aliphatic rings. The number of nitrogens with zero attached hydrogens (tertiary/aromatic N) is 1. The zero-order chi connectivity index (χ0) is 14.4. The first-order valence-electron chi connectivity index (χ1n) is 6.51. The van der Waals surface area contributed by atoms with Gasteiger partial charge in [0.2, 0.25) is 5.91 Å². The average Bonchev–Trinajstić information content (AvgIpc) is 2.39. The van der Waals surface area contributed by atoms with Crippen molar-refractivity contribution in [3.05, 3.63) is 18.2 Å². The molecule has 0 aliphatic heterocycles. The van der Waals surface area contributed by atoms with Crippen LogP contribution in [0.5, 0.6) is 5.75 Å². The molecular formula is C14H23N3O2. The normalized spacial score (nSPS) is 11.8. The smallest absolute Gasteiger partial charge is 0.244 e. The number of rotatable bonds is 6. The van der Waals surface area contributed by atoms with E-state index in [-0.39, 0.29) is 11.9 Å². The Morgan fingerprint density at radius 3 is 2.53 bits per heavy atom. The van der Waals surface area contributed by atoms with Crippen molar-refractivity contribution in [2.24, 2.45) is 0 Å². The van der Waals surface area contributed by atoms with Gasteiger partial charge in [0.25, 0.3) is 0 Å². The number of carbonyl (C=O) groups is 1. The molecule has 0 radical (unpaired) electrons. The molecule has 106 valence electrons. The molecule has 0 heterocycles. The van der Waals surface area contributed by atoms with Gasteiger partial charge in [-0.25, -0.2) is 0 Å². The predicted molar refractivity (Wildman–Crippen MR) is 78.4 cm³/mol. The third kappa shape index (κ3) is 4.05. The number of nitrogens with one attached hydrogen (secondary N) is 1. The molecule has 1 aromatic rings. The Morgan fingerprint density at radius 2 is 2.00 bits per heavy atom. The van der Waals surface area contributed by atoms with E-state index in [1.165, 1.54) is 0 Å². The maximum atomic E-state index is 12.1. The molecule has 0 spiro atoms. The number of nitrogens with two attached hydrogens (primary N) is 1. The molecule has 5 nitrogen and oxygen atoms in total. The number of anilines is 2. The van der Waals surface area contributed by atoms with Crippen LogP contribution in [0.4, 0.5) is 11.4 Å². The van der Waals surface area contributed by atoms with E-state index >= 15 is 0 Å². The topological polar surface area (TPSA) is 67.6 Å². The van der Waals surface area contributed by atoms with Crippen LogP contribution < -0.4 is 15.8 Å². The van der Waals surface area contributed by atoms with E-state index in [9.17, 15) is 4.79 Å². The van der Waals surface area contributed by atoms with Gasteiger partial charge in [0.1, 0.15) is 11.8 Å². The molecule has 0 bridgehead atoms. The third-order valence-corrected chi connectivity index (χ3v) is 2.99. The van der Waals surface area contributed by atoms with Crippen molar-refractivity contribution < 1.29 is 9.53 Å². The van der Waals surface area contributed by atoms with Gasteiger partial charge < -0.3 is 20.7 Å². The number of carbonyl (C=O) groups excluding carboxylic acids is 1. The maximum Gasteiger partial charge on any atom is 0.244 e. The fraction of sp³-hybridized carbons (Fsp3) is 0.500. The first-order valence-corrected chi connectivity index (χ1v) is 6.51. The van der Waals surface area contributed by atoms with E-state index in [0.717, 1.165) is 5.69 Å². The maximum absolute atomic E-state index is 12.1. The summed E-state index contributed by atoms with van der Waals surface area (Å²) in [5, 5.41) is 3.16. The molecule has 3 N–H and O–H groups in total. The van der Waals surface area contributed by atoms with Crippen molar-refractivity contribution in [1.29, 1.82) is 0 Å². The van der Waals surface area contributed by atoms with E-state index < -0.39 is 0 Å². The molecule has 0 saturated carbocycles. The molecule has 1 atom stereocenters. The lowest BCUT2D eigenvalue weighted by molar-refractivity contribution is -0.131. The van der Waals surface area contributed by atoms with Crippen LogP contribution in [0.1, 0.15) is 20.8 Å². The molecule has 0 aromatic heterocycles. The number of ether oxygens (including phenoxy) is 1. The number of nitrogen functional groups attached to an aromatic ring is 1. The van der Waals surface area contributed by atoms with Crippen LogP contribution in [0, 0.1) is 0 Å². The summed E-state index contributed by atoms with van der Waals surface area (Å²) >= 11 is 0. The lowest BCUT2D eigenvalue weighted by Crippen LogP contribution is -2.41. The Balaban J connectivity index is 2.78. The molecule has 0 aliphatic carbocycles. The minimum absolute atomic E-state index is 0.0754. The first kappa shape index (κ1) is 15.1. The van der Waals surface area contributed by atoms with Crippen molar-refractivity contribution >= 4 is 17.3 Å². The summed E-state index contributed by atoms with van der Waals surface area (Å²) in [5.74, 6) is 0.747. The number of methoxy groups -OCH3 is 1. The second kappa shape index (κ2) is 6.87. The van der Waals surface area contributed by atoms with Gasteiger partial charge in [-0.2, -0.15) is 0 Å². The van der Waals surface area contributed by atoms with Gasteiger partial charge in [-0.1, -0.05) is 0 Å². The largest absolute Gasteiger partial charge is 0.497 e. The molecule has 0 saturated heterocycles. The number of amides is 1. The van der Waals surface area contributed by atoms with Crippen LogP contribution in [-0.4, -0.2) is 37.0 Å². The van der Waals surface area contributed by atoms with Crippen LogP contribution in [0.15, 0.2) is 18.2 Å². The number of benzene rings is 1. The first-order chi connectivity index (χ1) is 9.01. The second-order valence-corrected chi connectivity index (χ2v) is 4.37. The molecule has 1 rings (SSSR count). The van der Waals surface area contributed by atoms with Gasteiger partial charge in [-0.3, -0.25) is 4.79 Å². The summed E-state index contributed by atoms with van der Waals surface area (Å²) < 4.78 is 5.15. The minimum atomic E-state index is -0.300. The van der Waals surface area contributed by atoms with Crippen molar-refractivity contribution in [3.63, 3.8) is 0 Å². The molecule has 1 unspecified atom stereocenters. The van der Waals surface area contributed by atoms with E-state index in [0.29, 0.717) is 24.5 Å². The number of hydrogen-bond acceptors (Lipinski definition) is 4. The van der Waals surface area contributed by atoms with E-state index in [2.05, 4.69) is 5.32 Å². The molecule has 19 heavy (non-hydrogen) atoms. The quantitative estimate of drug-likeness (QED) is 0.771. The minimum Gasteiger partial charge on any atom is -0.497 e. The lowest BCUT2D eigenvalue weighted by atomic mass is 10.2. The Kier molecular flexibility index (Phi) is 5.48. The SMILES string of the molecule is CCN(CC)C(=O)C(C)Nc1cc(N)cc(OC)c1. The number of hydrogen-bond donors (Lipinski definition) is 2. The zero-order valence-corrected chi connectivity index (χ0v) is 12.1. The third-order valence-electron chi connectivity index (χ3n) is 2.99. The van der Waals surface area contributed by atoms with E-state index in [1.54, 1.807) is 24.1 Å². The van der Waals surface area contributed by atoms with Gasteiger partial charge in [0.05, 0.1) is 7.11 Å². The Labute approximate surface area is 114 Å². The van der Waals surface area contributed by atoms with Crippen LogP contribution >= 0.6 is 0 Å². The summed E-state index contributed by atoms with van der Waals surface area (Å²) in [4.78, 5) is 13.9. The van der Waals surface area contributed by atoms with Crippen LogP contribution in [0.25, 0.3) is 0 Å². The molecule has 0 fully saturated rings. The average molecular weight is 265 g/mol. The van der Waals surface area contributed by atoms with Gasteiger partial charge >= 0.3 is 0 Å². The van der Waals surface area contributed by atoms with Gasteiger partial charge in [0, 0.05) is 36.6 Å². The van der Waals surface area contributed by atoms with Gasteiger partial charge in [-0.15, -0.1) is 0 Å². The fourth-order valence-corrected chi connectivity index (χ4v) is 1.94. The van der Waals surface area contributed by atoms with Crippen molar-refractivity contribution in [1.82, 2.24) is 4.90 Å². The Morgan fingerprint density at radius 1 is 1.37 bits per heavy atom. The van der Waals surface area contributed by atoms with Crippen molar-refractivity contribution in [2.45, 2.75) is 26.8 Å². The molecule has 5 heteroatoms. The highest BCUT2D eigenvalue weighted by Crippen LogP contribution is 2.22. The summed E-state index contributed by atoms with van der Waals surface area (Å²) in [5.41, 5.74) is 7.17. The van der Waals surface area contributed by atoms with Crippen molar-refractivity contribution in [3.8, 4) is 5.75 Å². The van der Waals surface area contributed by atoms with Gasteiger partial charge in [-0.05, 0) is 26.8 Å². The molecule has 1 aromatic carbocycles. The summed E-state index contributed by atoms with van der Waals surface area (Å²) in [7, 11) is 1.59. The van der Waals surface area contributed by atoms with E-state index in [1.807, 2.05) is 26.8 Å². The molecular weight excluding hydrogens is 242 g/mol. The van der Waals surface area contributed by atoms with E-state index in [4.69, 9.17) is 10.5 Å². The number of likely N-dealkylation sites (N-methyl/N-ethyl adjacent to an activating group) is 1. The highest BCUT2D eigenvalue weighted by atomic mass is 16.5. The van der Waals surface area contributed by atoms with Gasteiger partial charge in [0.15, 0.2) is 0 Å². The predicted octanol–water partition coefficient (Wildman–Crippen LogP) is 1.95. The summed E-state index contributed by atoms with van der Waals surface area (Å²) in [6, 6.07) is 5.05. The highest BCUT2D eigenvalue weighted by molar-refractivity contribution is 5.84. The lowest BCUT2D eigenvalue weighted by Gasteiger charge is -2.24. The monoisotopic (exact) mass is 265 g/mol.